The van der Waals surface area contributed by atoms with E-state index in [1.54, 1.807) is 6.92 Å². The molecule has 0 aliphatic carbocycles. The molecule has 1 N–H and O–H groups in total. The van der Waals surface area contributed by atoms with Crippen molar-refractivity contribution < 1.29 is 19.4 Å². The fourth-order valence-corrected chi connectivity index (χ4v) is 1.48. The summed E-state index contributed by atoms with van der Waals surface area (Å²) >= 11 is 0. The Hall–Kier alpha value is -1.23. The van der Waals surface area contributed by atoms with Gasteiger partial charge in [0.2, 0.25) is 0 Å². The Morgan fingerprint density at radius 3 is 2.56 bits per heavy atom. The van der Waals surface area contributed by atoms with Crippen molar-refractivity contribution in [2.45, 2.75) is 40.0 Å². The van der Waals surface area contributed by atoms with Crippen LogP contribution in [-0.2, 0) is 9.47 Å². The predicted molar refractivity (Wildman–Crippen MR) is 58.3 cm³/mol. The number of nitrogens with zero attached hydrogens (tertiary/aromatic N) is 1. The summed E-state index contributed by atoms with van der Waals surface area (Å²) in [6, 6.07) is 0. The van der Waals surface area contributed by atoms with Gasteiger partial charge >= 0.3 is 6.09 Å². The highest BCUT2D eigenvalue weighted by molar-refractivity contribution is 5.69. The number of amides is 1. The third-order valence-electron chi connectivity index (χ3n) is 2.30. The molecule has 5 nitrogen and oxygen atoms in total. The Bertz CT molecular complexity index is 304. The van der Waals surface area contributed by atoms with Gasteiger partial charge in [-0.05, 0) is 6.92 Å². The maximum Gasteiger partial charge on any atom is 0.416 e. The summed E-state index contributed by atoms with van der Waals surface area (Å²) < 4.78 is 10.2. The molecule has 0 saturated heterocycles. The van der Waals surface area contributed by atoms with E-state index in [1.807, 2.05) is 20.8 Å². The summed E-state index contributed by atoms with van der Waals surface area (Å²) in [6.45, 7) is 7.44. The molecule has 0 spiro atoms. The number of carbonyl (C=O) groups is 1. The maximum atomic E-state index is 11.5. The number of ether oxygens (including phenoxy) is 2. The molecule has 1 aliphatic heterocycles. The van der Waals surface area contributed by atoms with Crippen LogP contribution in [0.15, 0.2) is 12.0 Å². The molecule has 0 aromatic carbocycles. The van der Waals surface area contributed by atoms with Gasteiger partial charge < -0.3 is 14.6 Å². The van der Waals surface area contributed by atoms with Crippen molar-refractivity contribution in [1.82, 2.24) is 4.90 Å². The zero-order valence-corrected chi connectivity index (χ0v) is 10.4. The molecule has 0 fully saturated rings. The van der Waals surface area contributed by atoms with Crippen molar-refractivity contribution in [2.75, 3.05) is 7.11 Å². The van der Waals surface area contributed by atoms with Crippen LogP contribution in [0.25, 0.3) is 0 Å². The Labute approximate surface area is 95.6 Å². The average molecular weight is 229 g/mol. The van der Waals surface area contributed by atoms with Crippen molar-refractivity contribution in [1.29, 1.82) is 0 Å². The zero-order chi connectivity index (χ0) is 12.5. The van der Waals surface area contributed by atoms with Crippen LogP contribution in [0.2, 0.25) is 0 Å². The normalized spacial score (nSPS) is 22.5. The largest absolute Gasteiger partial charge is 0.469 e. The number of carbonyl (C=O) groups excluding carboxylic acids is 1. The summed E-state index contributed by atoms with van der Waals surface area (Å²) in [6.07, 6.45) is -0.188. The van der Waals surface area contributed by atoms with Gasteiger partial charge in [-0.3, -0.25) is 0 Å². The van der Waals surface area contributed by atoms with E-state index in [2.05, 4.69) is 4.74 Å². The van der Waals surface area contributed by atoms with Crippen molar-refractivity contribution in [3.63, 3.8) is 0 Å². The summed E-state index contributed by atoms with van der Waals surface area (Å²) in [5, 5.41) is 9.44. The SMILES string of the molecule is COC(=O)N1C=C(C(C)O)OC1C(C)(C)C. The van der Waals surface area contributed by atoms with Crippen LogP contribution in [0.3, 0.4) is 0 Å². The third kappa shape index (κ3) is 2.47. The molecule has 0 bridgehead atoms. The fraction of sp³-hybridized carbons (Fsp3) is 0.727. The highest BCUT2D eigenvalue weighted by Gasteiger charge is 2.40. The minimum atomic E-state index is -0.737. The zero-order valence-electron chi connectivity index (χ0n) is 10.4. The first kappa shape index (κ1) is 12.8. The lowest BCUT2D eigenvalue weighted by molar-refractivity contribution is -0.0453. The van der Waals surface area contributed by atoms with Crippen LogP contribution >= 0.6 is 0 Å². The van der Waals surface area contributed by atoms with E-state index >= 15 is 0 Å². The first-order valence-electron chi connectivity index (χ1n) is 5.20. The Morgan fingerprint density at radius 1 is 1.62 bits per heavy atom. The summed E-state index contributed by atoms with van der Waals surface area (Å²) in [7, 11) is 1.32. The van der Waals surface area contributed by atoms with Gasteiger partial charge in [-0.1, -0.05) is 20.8 Å². The minimum absolute atomic E-state index is 0.263. The second-order valence-electron chi connectivity index (χ2n) is 4.92. The van der Waals surface area contributed by atoms with Crippen LogP contribution in [0, 0.1) is 5.41 Å². The number of rotatable bonds is 1. The molecule has 5 heteroatoms. The van der Waals surface area contributed by atoms with E-state index in [9.17, 15) is 9.90 Å². The highest BCUT2D eigenvalue weighted by Crippen LogP contribution is 2.33. The maximum absolute atomic E-state index is 11.5. The van der Waals surface area contributed by atoms with E-state index in [0.717, 1.165) is 0 Å². The Balaban J connectivity index is 2.94. The number of hydrogen-bond acceptors (Lipinski definition) is 4. The molecular formula is C11H19NO4. The minimum Gasteiger partial charge on any atom is -0.469 e. The molecule has 0 radical (unpaired) electrons. The summed E-state index contributed by atoms with van der Waals surface area (Å²) in [5.74, 6) is 0.380. The first-order valence-corrected chi connectivity index (χ1v) is 5.20. The number of methoxy groups -OCH3 is 1. The average Bonchev–Trinajstić information content (AvgIpc) is 2.60. The molecule has 1 rings (SSSR count). The quantitative estimate of drug-likeness (QED) is 0.743. The second-order valence-corrected chi connectivity index (χ2v) is 4.92. The summed E-state index contributed by atoms with van der Waals surface area (Å²) in [4.78, 5) is 12.9. The second kappa shape index (κ2) is 4.33. The molecule has 0 aromatic rings. The van der Waals surface area contributed by atoms with E-state index in [-0.39, 0.29) is 5.41 Å². The lowest BCUT2D eigenvalue weighted by Crippen LogP contribution is -2.42. The Morgan fingerprint density at radius 2 is 2.19 bits per heavy atom. The van der Waals surface area contributed by atoms with Crippen molar-refractivity contribution in [3.05, 3.63) is 12.0 Å². The molecule has 2 unspecified atom stereocenters. The molecular weight excluding hydrogens is 210 g/mol. The topological polar surface area (TPSA) is 59.0 Å². The summed E-state index contributed by atoms with van der Waals surface area (Å²) in [5.41, 5.74) is -0.263. The van der Waals surface area contributed by atoms with Gasteiger partial charge in [0.05, 0.1) is 13.3 Å². The van der Waals surface area contributed by atoms with Gasteiger partial charge in [0.25, 0.3) is 0 Å². The Kier molecular flexibility index (Phi) is 3.48. The van der Waals surface area contributed by atoms with Gasteiger partial charge in [0.15, 0.2) is 6.23 Å². The lowest BCUT2D eigenvalue weighted by atomic mass is 9.94. The van der Waals surface area contributed by atoms with Crippen molar-refractivity contribution >= 4 is 6.09 Å². The van der Waals surface area contributed by atoms with Gasteiger partial charge in [-0.15, -0.1) is 0 Å². The van der Waals surface area contributed by atoms with Gasteiger partial charge in [-0.2, -0.15) is 0 Å². The van der Waals surface area contributed by atoms with Crippen LogP contribution in [0.5, 0.6) is 0 Å². The smallest absolute Gasteiger partial charge is 0.416 e. The van der Waals surface area contributed by atoms with E-state index < -0.39 is 18.4 Å². The van der Waals surface area contributed by atoms with Gasteiger partial charge in [0, 0.05) is 5.41 Å². The van der Waals surface area contributed by atoms with E-state index in [1.165, 1.54) is 18.2 Å². The molecule has 0 saturated carbocycles. The molecule has 0 aromatic heterocycles. The molecule has 1 amide bonds. The van der Waals surface area contributed by atoms with Crippen molar-refractivity contribution in [2.24, 2.45) is 5.41 Å². The number of hydrogen-bond donors (Lipinski definition) is 1. The van der Waals surface area contributed by atoms with Crippen LogP contribution in [0.1, 0.15) is 27.7 Å². The van der Waals surface area contributed by atoms with Crippen LogP contribution < -0.4 is 0 Å². The van der Waals surface area contributed by atoms with Gasteiger partial charge in [0.1, 0.15) is 11.9 Å². The lowest BCUT2D eigenvalue weighted by Gasteiger charge is -2.32. The van der Waals surface area contributed by atoms with Gasteiger partial charge in [-0.25, -0.2) is 9.69 Å². The number of aliphatic hydroxyl groups excluding tert-OH is 1. The van der Waals surface area contributed by atoms with E-state index in [4.69, 9.17) is 4.74 Å². The molecule has 92 valence electrons. The number of aliphatic hydroxyl groups is 1. The third-order valence-corrected chi connectivity index (χ3v) is 2.30. The van der Waals surface area contributed by atoms with Crippen LogP contribution in [0.4, 0.5) is 4.79 Å². The molecule has 1 aliphatic rings. The highest BCUT2D eigenvalue weighted by atomic mass is 16.6. The first-order chi connectivity index (χ1) is 7.27. The fourth-order valence-electron chi connectivity index (χ4n) is 1.48. The molecule has 2 atom stereocenters. The van der Waals surface area contributed by atoms with Crippen molar-refractivity contribution in [3.8, 4) is 0 Å². The monoisotopic (exact) mass is 229 g/mol. The molecule has 1 heterocycles. The van der Waals surface area contributed by atoms with E-state index in [0.29, 0.717) is 5.76 Å². The van der Waals surface area contributed by atoms with Crippen LogP contribution in [-0.4, -0.2) is 35.5 Å². The predicted octanol–water partition coefficient (Wildman–Crippen LogP) is 1.68. The standard InChI is InChI=1S/C11H19NO4/c1-7(13)8-6-12(10(14)15-5)9(16-8)11(2,3)4/h6-7,9,13H,1-5H3. The molecule has 16 heavy (non-hydrogen) atoms.